The molecule has 1 heteroatoms. The van der Waals surface area contributed by atoms with E-state index in [-0.39, 0.29) is 0 Å². The maximum absolute atomic E-state index is 2.86. The largest absolute Gasteiger partial charge is 0.368 e. The van der Waals surface area contributed by atoms with E-state index >= 15 is 0 Å². The fourth-order valence-electron chi connectivity index (χ4n) is 1.54. The molecule has 3 rings (SSSR count). The minimum atomic E-state index is 1.28. The van der Waals surface area contributed by atoms with Gasteiger partial charge in [0.05, 0.1) is 0 Å². The molecule has 0 fully saturated rings. The molecule has 3 aromatic rings. The van der Waals surface area contributed by atoms with Gasteiger partial charge in [-0.3, -0.25) is 0 Å². The van der Waals surface area contributed by atoms with Crippen LogP contribution in [0.15, 0.2) is 85.2 Å². The SMILES string of the molecule is c1cc[nH]c1.c1ccc(-c2ccccc2)cc1. The lowest BCUT2D eigenvalue weighted by Gasteiger charge is -1.98. The van der Waals surface area contributed by atoms with Gasteiger partial charge in [-0.25, -0.2) is 0 Å². The summed E-state index contributed by atoms with van der Waals surface area (Å²) in [6.07, 6.45) is 3.75. The second-order valence-electron chi connectivity index (χ2n) is 3.62. The molecule has 17 heavy (non-hydrogen) atoms. The number of H-pyrrole nitrogens is 1. The second-order valence-corrected chi connectivity index (χ2v) is 3.62. The van der Waals surface area contributed by atoms with E-state index < -0.39 is 0 Å². The lowest BCUT2D eigenvalue weighted by molar-refractivity contribution is 1.42. The lowest BCUT2D eigenvalue weighted by Crippen LogP contribution is -1.73. The number of rotatable bonds is 1. The van der Waals surface area contributed by atoms with E-state index in [9.17, 15) is 0 Å². The van der Waals surface area contributed by atoms with E-state index in [1.165, 1.54) is 11.1 Å². The van der Waals surface area contributed by atoms with Crippen LogP contribution < -0.4 is 0 Å². The van der Waals surface area contributed by atoms with Crippen LogP contribution >= 0.6 is 0 Å². The molecule has 84 valence electrons. The fraction of sp³-hybridized carbons (Fsp3) is 0. The molecule has 2 aromatic carbocycles. The van der Waals surface area contributed by atoms with Gasteiger partial charge in [0.25, 0.3) is 0 Å². The van der Waals surface area contributed by atoms with Gasteiger partial charge in [-0.15, -0.1) is 0 Å². The van der Waals surface area contributed by atoms with Crippen LogP contribution in [0.3, 0.4) is 0 Å². The molecule has 1 N–H and O–H groups in total. The molecule has 0 amide bonds. The van der Waals surface area contributed by atoms with Crippen molar-refractivity contribution >= 4 is 0 Å². The van der Waals surface area contributed by atoms with Crippen LogP contribution in [0.5, 0.6) is 0 Å². The minimum absolute atomic E-state index is 1.28. The second kappa shape index (κ2) is 6.33. The van der Waals surface area contributed by atoms with Crippen LogP contribution in [0.4, 0.5) is 0 Å². The van der Waals surface area contributed by atoms with Gasteiger partial charge in [-0.1, -0.05) is 60.7 Å². The van der Waals surface area contributed by atoms with Gasteiger partial charge in [0.15, 0.2) is 0 Å². The summed E-state index contributed by atoms with van der Waals surface area (Å²) in [6.45, 7) is 0. The summed E-state index contributed by atoms with van der Waals surface area (Å²) in [7, 11) is 0. The minimum Gasteiger partial charge on any atom is -0.368 e. The Bertz CT molecular complexity index is 443. The van der Waals surface area contributed by atoms with Crippen molar-refractivity contribution in [3.05, 3.63) is 85.2 Å². The molecule has 0 saturated carbocycles. The van der Waals surface area contributed by atoms with Gasteiger partial charge in [0.2, 0.25) is 0 Å². The summed E-state index contributed by atoms with van der Waals surface area (Å²) in [6, 6.07) is 24.7. The molecule has 0 atom stereocenters. The summed E-state index contributed by atoms with van der Waals surface area (Å²) in [5.41, 5.74) is 2.55. The molecule has 0 aliphatic carbocycles. The van der Waals surface area contributed by atoms with Crippen molar-refractivity contribution in [3.63, 3.8) is 0 Å². The highest BCUT2D eigenvalue weighted by molar-refractivity contribution is 5.62. The molecular formula is C16H15N. The quantitative estimate of drug-likeness (QED) is 0.628. The van der Waals surface area contributed by atoms with Gasteiger partial charge in [-0.05, 0) is 23.3 Å². The Hall–Kier alpha value is -2.28. The highest BCUT2D eigenvalue weighted by Gasteiger charge is 1.91. The number of hydrogen-bond donors (Lipinski definition) is 1. The summed E-state index contributed by atoms with van der Waals surface area (Å²) in [5.74, 6) is 0. The molecular weight excluding hydrogens is 206 g/mol. The number of hydrogen-bond acceptors (Lipinski definition) is 0. The Morgan fingerprint density at radius 2 is 0.882 bits per heavy atom. The van der Waals surface area contributed by atoms with Crippen LogP contribution in [0.1, 0.15) is 0 Å². The zero-order chi connectivity index (χ0) is 11.8. The maximum atomic E-state index is 2.86. The van der Waals surface area contributed by atoms with Gasteiger partial charge in [-0.2, -0.15) is 0 Å². The summed E-state index contributed by atoms with van der Waals surface area (Å²) in [5, 5.41) is 0. The van der Waals surface area contributed by atoms with Crippen molar-refractivity contribution in [3.8, 4) is 11.1 Å². The van der Waals surface area contributed by atoms with E-state index in [0.717, 1.165) is 0 Å². The topological polar surface area (TPSA) is 15.8 Å². The van der Waals surface area contributed by atoms with Crippen molar-refractivity contribution < 1.29 is 0 Å². The first-order valence-corrected chi connectivity index (χ1v) is 5.65. The van der Waals surface area contributed by atoms with E-state index in [1.54, 1.807) is 0 Å². The third-order valence-electron chi connectivity index (χ3n) is 2.38. The molecule has 0 radical (unpaired) electrons. The predicted octanol–water partition coefficient (Wildman–Crippen LogP) is 4.37. The normalized spacial score (nSPS) is 9.18. The molecule has 0 aliphatic rings. The Morgan fingerprint density at radius 3 is 1.18 bits per heavy atom. The molecule has 1 aromatic heterocycles. The van der Waals surface area contributed by atoms with Crippen LogP contribution in [0, 0.1) is 0 Å². The van der Waals surface area contributed by atoms with Gasteiger partial charge in [0, 0.05) is 12.4 Å². The summed E-state index contributed by atoms with van der Waals surface area (Å²) < 4.78 is 0. The van der Waals surface area contributed by atoms with Crippen LogP contribution in [-0.2, 0) is 0 Å². The predicted molar refractivity (Wildman–Crippen MR) is 72.7 cm³/mol. The van der Waals surface area contributed by atoms with E-state index in [0.29, 0.717) is 0 Å². The van der Waals surface area contributed by atoms with E-state index in [1.807, 2.05) is 36.7 Å². The first-order chi connectivity index (χ1) is 8.47. The Morgan fingerprint density at radius 1 is 0.471 bits per heavy atom. The van der Waals surface area contributed by atoms with Crippen molar-refractivity contribution in [2.45, 2.75) is 0 Å². The zero-order valence-corrected chi connectivity index (χ0v) is 9.58. The highest BCUT2D eigenvalue weighted by atomic mass is 14.6. The Labute approximate surface area is 102 Å². The molecule has 1 nitrogen and oxygen atoms in total. The summed E-state index contributed by atoms with van der Waals surface area (Å²) >= 11 is 0. The maximum Gasteiger partial charge on any atom is 0.000496 e. The van der Waals surface area contributed by atoms with Crippen molar-refractivity contribution in [1.82, 2.24) is 4.98 Å². The molecule has 1 heterocycles. The first kappa shape index (κ1) is 11.2. The van der Waals surface area contributed by atoms with E-state index in [4.69, 9.17) is 0 Å². The molecule has 0 bridgehead atoms. The summed E-state index contributed by atoms with van der Waals surface area (Å²) in [4.78, 5) is 2.86. The Kier molecular flexibility index (Phi) is 4.18. The van der Waals surface area contributed by atoms with E-state index in [2.05, 4.69) is 53.5 Å². The average molecular weight is 221 g/mol. The lowest BCUT2D eigenvalue weighted by atomic mass is 10.1. The highest BCUT2D eigenvalue weighted by Crippen LogP contribution is 2.17. The molecule has 0 spiro atoms. The third-order valence-corrected chi connectivity index (χ3v) is 2.38. The average Bonchev–Trinajstić information content (AvgIpc) is 3.00. The fourth-order valence-corrected chi connectivity index (χ4v) is 1.54. The van der Waals surface area contributed by atoms with Crippen LogP contribution in [0.2, 0.25) is 0 Å². The van der Waals surface area contributed by atoms with Crippen LogP contribution in [0.25, 0.3) is 11.1 Å². The number of nitrogens with one attached hydrogen (secondary N) is 1. The van der Waals surface area contributed by atoms with Gasteiger partial charge in [0.1, 0.15) is 0 Å². The molecule has 0 aliphatic heterocycles. The smallest absolute Gasteiger partial charge is 0.000496 e. The third kappa shape index (κ3) is 3.65. The van der Waals surface area contributed by atoms with Gasteiger partial charge < -0.3 is 4.98 Å². The van der Waals surface area contributed by atoms with Crippen molar-refractivity contribution in [2.75, 3.05) is 0 Å². The van der Waals surface area contributed by atoms with Gasteiger partial charge >= 0.3 is 0 Å². The Balaban J connectivity index is 0.000000181. The molecule has 0 unspecified atom stereocenters. The first-order valence-electron chi connectivity index (χ1n) is 5.65. The number of aromatic nitrogens is 1. The molecule has 0 saturated heterocycles. The van der Waals surface area contributed by atoms with Crippen molar-refractivity contribution in [1.29, 1.82) is 0 Å². The monoisotopic (exact) mass is 221 g/mol. The van der Waals surface area contributed by atoms with Crippen molar-refractivity contribution in [2.24, 2.45) is 0 Å². The zero-order valence-electron chi connectivity index (χ0n) is 9.58. The van der Waals surface area contributed by atoms with Crippen LogP contribution in [-0.4, -0.2) is 4.98 Å². The standard InChI is InChI=1S/C12H10.C4H5N/c1-3-7-11(8-4-1)12-9-5-2-6-10-12;1-2-4-5-3-1/h1-10H;1-5H. The number of benzene rings is 2. The number of aromatic amines is 1.